The summed E-state index contributed by atoms with van der Waals surface area (Å²) in [7, 11) is 0. The predicted molar refractivity (Wildman–Crippen MR) is 233 cm³/mol. The van der Waals surface area contributed by atoms with E-state index in [1.807, 2.05) is 0 Å². The number of rotatable bonds is 44. The Kier molecular flexibility index (Phi) is 41.5. The Bertz CT molecular complexity index is 809. The Hall–Kier alpha value is -1.18. The van der Waals surface area contributed by atoms with Crippen LogP contribution >= 0.6 is 0 Å². The fraction of sp³-hybridized carbons (Fsp3) is 0.958. The standard InChI is InChI=1S/C48H95NO6/c1-5-9-13-17-19-25-35-44(33-23-15-11-7-3)47(52)54-41-31-22-21-28-38-49(39-29-30-40-50)43-46(51)37-27-32-42-55-48(53)45(34-24-16-12-8-4)36-26-20-18-14-10-6-2/h44-46,50-51H,5-43H2,1-4H3. The van der Waals surface area contributed by atoms with Gasteiger partial charge in [0.15, 0.2) is 0 Å². The van der Waals surface area contributed by atoms with Crippen molar-refractivity contribution in [2.45, 2.75) is 246 Å². The molecule has 328 valence electrons. The second-order valence-electron chi connectivity index (χ2n) is 16.8. The number of hydrogen-bond acceptors (Lipinski definition) is 7. The number of carbonyl (C=O) groups is 2. The lowest BCUT2D eigenvalue weighted by Gasteiger charge is -2.25. The molecule has 0 rings (SSSR count). The maximum absolute atomic E-state index is 13.0. The minimum atomic E-state index is -0.408. The van der Waals surface area contributed by atoms with Crippen LogP contribution in [-0.2, 0) is 19.1 Å². The summed E-state index contributed by atoms with van der Waals surface area (Å²) in [6.45, 7) is 12.6. The van der Waals surface area contributed by atoms with Crippen molar-refractivity contribution in [3.8, 4) is 0 Å². The van der Waals surface area contributed by atoms with Gasteiger partial charge in [0.05, 0.1) is 31.2 Å². The topological polar surface area (TPSA) is 96.3 Å². The first-order chi connectivity index (χ1) is 26.9. The van der Waals surface area contributed by atoms with Crippen LogP contribution in [0.25, 0.3) is 0 Å². The van der Waals surface area contributed by atoms with Crippen molar-refractivity contribution in [1.82, 2.24) is 4.90 Å². The molecule has 0 spiro atoms. The van der Waals surface area contributed by atoms with Gasteiger partial charge in [-0.15, -0.1) is 0 Å². The molecule has 0 radical (unpaired) electrons. The number of nitrogens with zero attached hydrogens (tertiary/aromatic N) is 1. The van der Waals surface area contributed by atoms with E-state index in [9.17, 15) is 19.8 Å². The van der Waals surface area contributed by atoms with Crippen molar-refractivity contribution >= 4 is 11.9 Å². The normalized spacial score (nSPS) is 13.3. The molecule has 3 unspecified atom stereocenters. The summed E-state index contributed by atoms with van der Waals surface area (Å²) >= 11 is 0. The molecule has 0 aliphatic rings. The van der Waals surface area contributed by atoms with E-state index in [0.717, 1.165) is 116 Å². The molecule has 0 heterocycles. The zero-order valence-corrected chi connectivity index (χ0v) is 37.3. The molecule has 0 saturated carbocycles. The zero-order valence-electron chi connectivity index (χ0n) is 37.3. The fourth-order valence-corrected chi connectivity index (χ4v) is 7.72. The predicted octanol–water partition coefficient (Wildman–Crippen LogP) is 12.9. The molecule has 0 aliphatic carbocycles. The van der Waals surface area contributed by atoms with Crippen molar-refractivity contribution in [3.05, 3.63) is 0 Å². The molecule has 0 aromatic heterocycles. The molecule has 0 amide bonds. The number of aliphatic hydroxyl groups is 2. The van der Waals surface area contributed by atoms with Gasteiger partial charge in [-0.2, -0.15) is 0 Å². The number of ether oxygens (including phenoxy) is 2. The van der Waals surface area contributed by atoms with Crippen molar-refractivity contribution in [2.24, 2.45) is 11.8 Å². The summed E-state index contributed by atoms with van der Waals surface area (Å²) in [6.07, 6.45) is 36.1. The Morgan fingerprint density at radius 1 is 0.436 bits per heavy atom. The highest BCUT2D eigenvalue weighted by Gasteiger charge is 2.21. The summed E-state index contributed by atoms with van der Waals surface area (Å²) in [5.74, 6) is 0.115. The van der Waals surface area contributed by atoms with Crippen LogP contribution in [0.5, 0.6) is 0 Å². The van der Waals surface area contributed by atoms with E-state index in [1.54, 1.807) is 0 Å². The molecule has 7 nitrogen and oxygen atoms in total. The van der Waals surface area contributed by atoms with Crippen LogP contribution in [0.1, 0.15) is 240 Å². The maximum Gasteiger partial charge on any atom is 0.308 e. The Labute approximate surface area is 342 Å². The molecule has 0 aliphatic heterocycles. The highest BCUT2D eigenvalue weighted by Crippen LogP contribution is 2.22. The Balaban J connectivity index is 4.48. The average Bonchev–Trinajstić information content (AvgIpc) is 3.18. The van der Waals surface area contributed by atoms with Crippen LogP contribution in [0.4, 0.5) is 0 Å². The van der Waals surface area contributed by atoms with E-state index >= 15 is 0 Å². The second-order valence-corrected chi connectivity index (χ2v) is 16.8. The molecular weight excluding hydrogens is 687 g/mol. The smallest absolute Gasteiger partial charge is 0.308 e. The molecule has 2 N–H and O–H groups in total. The van der Waals surface area contributed by atoms with Crippen molar-refractivity contribution in [2.75, 3.05) is 39.5 Å². The van der Waals surface area contributed by atoms with E-state index in [-0.39, 0.29) is 30.4 Å². The first-order valence-electron chi connectivity index (χ1n) is 24.3. The van der Waals surface area contributed by atoms with Crippen LogP contribution < -0.4 is 0 Å². The van der Waals surface area contributed by atoms with Gasteiger partial charge in [0.1, 0.15) is 0 Å². The van der Waals surface area contributed by atoms with Gasteiger partial charge in [0, 0.05) is 13.2 Å². The fourth-order valence-electron chi connectivity index (χ4n) is 7.72. The van der Waals surface area contributed by atoms with E-state index < -0.39 is 6.10 Å². The Morgan fingerprint density at radius 2 is 0.764 bits per heavy atom. The van der Waals surface area contributed by atoms with Crippen molar-refractivity contribution < 1.29 is 29.3 Å². The lowest BCUT2D eigenvalue weighted by molar-refractivity contribution is -0.150. The third kappa shape index (κ3) is 35.7. The lowest BCUT2D eigenvalue weighted by Crippen LogP contribution is -2.34. The minimum Gasteiger partial charge on any atom is -0.465 e. The van der Waals surface area contributed by atoms with E-state index in [0.29, 0.717) is 26.2 Å². The van der Waals surface area contributed by atoms with Crippen LogP contribution in [0.2, 0.25) is 0 Å². The number of hydrogen-bond donors (Lipinski definition) is 2. The van der Waals surface area contributed by atoms with Gasteiger partial charge in [-0.1, -0.05) is 169 Å². The highest BCUT2D eigenvalue weighted by atomic mass is 16.5. The highest BCUT2D eigenvalue weighted by molar-refractivity contribution is 5.72. The van der Waals surface area contributed by atoms with Crippen molar-refractivity contribution in [3.63, 3.8) is 0 Å². The quantitative estimate of drug-likeness (QED) is 0.0469. The van der Waals surface area contributed by atoms with Gasteiger partial charge in [0.2, 0.25) is 0 Å². The second kappa shape index (κ2) is 42.4. The number of aliphatic hydroxyl groups excluding tert-OH is 2. The molecule has 0 aromatic rings. The molecule has 55 heavy (non-hydrogen) atoms. The summed E-state index contributed by atoms with van der Waals surface area (Å²) in [5, 5.41) is 20.2. The molecular formula is C48H95NO6. The van der Waals surface area contributed by atoms with Crippen LogP contribution in [0, 0.1) is 11.8 Å². The van der Waals surface area contributed by atoms with Crippen LogP contribution in [0.15, 0.2) is 0 Å². The molecule has 0 bridgehead atoms. The van der Waals surface area contributed by atoms with Crippen LogP contribution in [-0.4, -0.2) is 72.6 Å². The molecule has 0 aromatic carbocycles. The number of esters is 2. The summed E-state index contributed by atoms with van der Waals surface area (Å²) in [4.78, 5) is 28.3. The maximum atomic E-state index is 13.0. The van der Waals surface area contributed by atoms with Crippen LogP contribution in [0.3, 0.4) is 0 Å². The average molecular weight is 782 g/mol. The summed E-state index contributed by atoms with van der Waals surface area (Å²) in [6, 6.07) is 0. The molecule has 0 saturated heterocycles. The third-order valence-electron chi connectivity index (χ3n) is 11.4. The monoisotopic (exact) mass is 782 g/mol. The molecule has 7 heteroatoms. The van der Waals surface area contributed by atoms with E-state index in [2.05, 4.69) is 32.6 Å². The van der Waals surface area contributed by atoms with Gasteiger partial charge >= 0.3 is 11.9 Å². The SMILES string of the molecule is CCCCCCCCC(CCCCCC)C(=O)OCCCCCCN(CCCCO)CC(O)CCCCOC(=O)C(CCCCCC)CCCCCCCC. The van der Waals surface area contributed by atoms with Crippen molar-refractivity contribution in [1.29, 1.82) is 0 Å². The largest absolute Gasteiger partial charge is 0.465 e. The molecule has 0 fully saturated rings. The Morgan fingerprint density at radius 3 is 1.20 bits per heavy atom. The number of unbranched alkanes of at least 4 members (excludes halogenated alkanes) is 21. The van der Waals surface area contributed by atoms with Gasteiger partial charge < -0.3 is 24.6 Å². The van der Waals surface area contributed by atoms with Gasteiger partial charge in [0.25, 0.3) is 0 Å². The summed E-state index contributed by atoms with van der Waals surface area (Å²) < 4.78 is 11.6. The first kappa shape index (κ1) is 53.8. The first-order valence-corrected chi connectivity index (χ1v) is 24.3. The van der Waals surface area contributed by atoms with E-state index in [4.69, 9.17) is 9.47 Å². The van der Waals surface area contributed by atoms with Gasteiger partial charge in [-0.05, 0) is 83.7 Å². The lowest BCUT2D eigenvalue weighted by atomic mass is 9.94. The van der Waals surface area contributed by atoms with E-state index in [1.165, 1.54) is 103 Å². The number of carbonyl (C=O) groups excluding carboxylic acids is 2. The summed E-state index contributed by atoms with van der Waals surface area (Å²) in [5.41, 5.74) is 0. The minimum absolute atomic E-state index is 0.00989. The van der Waals surface area contributed by atoms with Gasteiger partial charge in [-0.3, -0.25) is 9.59 Å². The van der Waals surface area contributed by atoms with Gasteiger partial charge in [-0.25, -0.2) is 0 Å². The molecule has 3 atom stereocenters. The third-order valence-corrected chi connectivity index (χ3v) is 11.4. The zero-order chi connectivity index (χ0) is 40.5.